The number of imide groups is 1. The van der Waals surface area contributed by atoms with Crippen molar-refractivity contribution in [2.24, 2.45) is 11.0 Å². The van der Waals surface area contributed by atoms with Gasteiger partial charge in [-0.15, -0.1) is 5.06 Å². The molecule has 0 saturated carbocycles. The van der Waals surface area contributed by atoms with Gasteiger partial charge in [0.05, 0.1) is 65.0 Å². The SMILES string of the molecule is CC(C)CC(=O)NN=C1CCCc2cc(OCCOCCOCCOCCOCCC(=O)ON3C(=O)CCC3=O)ccc21. The van der Waals surface area contributed by atoms with E-state index in [-0.39, 0.29) is 38.4 Å². The number of fused-ring (bicyclic) bond motifs is 1. The molecule has 3 rings (SSSR count). The Labute approximate surface area is 252 Å². The number of carbonyl (C=O) groups excluding carboxylic acids is 4. The zero-order valence-electron chi connectivity index (χ0n) is 25.1. The molecule has 238 valence electrons. The van der Waals surface area contributed by atoms with Crippen molar-refractivity contribution < 1.29 is 47.7 Å². The number of nitrogens with zero attached hydrogens (tertiary/aromatic N) is 2. The molecule has 1 N–H and O–H groups in total. The third kappa shape index (κ3) is 12.8. The molecule has 43 heavy (non-hydrogen) atoms. The van der Waals surface area contributed by atoms with Gasteiger partial charge in [-0.05, 0) is 48.9 Å². The molecule has 0 bridgehead atoms. The first-order chi connectivity index (χ1) is 20.8. The molecular weight excluding hydrogens is 562 g/mol. The number of carbonyl (C=O) groups is 4. The van der Waals surface area contributed by atoms with Crippen LogP contribution in [0.4, 0.5) is 0 Å². The second-order valence-electron chi connectivity index (χ2n) is 10.5. The Morgan fingerprint density at radius 1 is 0.837 bits per heavy atom. The van der Waals surface area contributed by atoms with E-state index in [1.54, 1.807) is 0 Å². The molecule has 1 saturated heterocycles. The van der Waals surface area contributed by atoms with Gasteiger partial charge in [0.25, 0.3) is 11.8 Å². The van der Waals surface area contributed by atoms with E-state index in [4.69, 9.17) is 28.5 Å². The number of benzene rings is 1. The van der Waals surface area contributed by atoms with Crippen LogP contribution in [0.5, 0.6) is 5.75 Å². The second kappa shape index (κ2) is 19.0. The molecule has 1 aliphatic heterocycles. The van der Waals surface area contributed by atoms with Crippen LogP contribution in [0.15, 0.2) is 23.3 Å². The van der Waals surface area contributed by atoms with Gasteiger partial charge in [0.15, 0.2) is 0 Å². The number of aryl methyl sites for hydroxylation is 1. The average molecular weight is 606 g/mol. The summed E-state index contributed by atoms with van der Waals surface area (Å²) in [6, 6.07) is 5.95. The number of hydrogen-bond donors (Lipinski definition) is 1. The van der Waals surface area contributed by atoms with Crippen molar-refractivity contribution >= 4 is 29.4 Å². The van der Waals surface area contributed by atoms with Crippen molar-refractivity contribution in [1.29, 1.82) is 0 Å². The fourth-order valence-electron chi connectivity index (χ4n) is 4.33. The number of hydrogen-bond acceptors (Lipinski definition) is 11. The highest BCUT2D eigenvalue weighted by Gasteiger charge is 2.32. The van der Waals surface area contributed by atoms with E-state index >= 15 is 0 Å². The summed E-state index contributed by atoms with van der Waals surface area (Å²) in [5.41, 5.74) is 5.81. The lowest BCUT2D eigenvalue weighted by molar-refractivity contribution is -0.198. The minimum absolute atomic E-state index is 0.0596. The van der Waals surface area contributed by atoms with E-state index in [9.17, 15) is 19.2 Å². The fraction of sp³-hybridized carbons (Fsp3) is 0.633. The molecule has 1 heterocycles. The van der Waals surface area contributed by atoms with Crippen LogP contribution in [-0.4, -0.2) is 93.9 Å². The summed E-state index contributed by atoms with van der Waals surface area (Å²) < 4.78 is 27.6. The molecule has 1 aliphatic carbocycles. The van der Waals surface area contributed by atoms with Crippen molar-refractivity contribution in [2.75, 3.05) is 59.5 Å². The van der Waals surface area contributed by atoms with E-state index in [0.717, 1.165) is 36.3 Å². The summed E-state index contributed by atoms with van der Waals surface area (Å²) in [6.45, 7) is 7.24. The Balaban J connectivity index is 1.14. The molecule has 0 aromatic heterocycles. The Hall–Kier alpha value is -3.39. The summed E-state index contributed by atoms with van der Waals surface area (Å²) in [4.78, 5) is 51.2. The molecule has 0 spiro atoms. The first-order valence-electron chi connectivity index (χ1n) is 14.8. The highest BCUT2D eigenvalue weighted by atomic mass is 16.7. The van der Waals surface area contributed by atoms with Crippen LogP contribution in [0.3, 0.4) is 0 Å². The van der Waals surface area contributed by atoms with Crippen LogP contribution in [0, 0.1) is 5.92 Å². The lowest BCUT2D eigenvalue weighted by atomic mass is 9.90. The number of rotatable bonds is 20. The predicted molar refractivity (Wildman–Crippen MR) is 154 cm³/mol. The van der Waals surface area contributed by atoms with E-state index in [2.05, 4.69) is 10.5 Å². The molecule has 1 fully saturated rings. The zero-order chi connectivity index (χ0) is 30.9. The fourth-order valence-corrected chi connectivity index (χ4v) is 4.33. The molecule has 3 amide bonds. The van der Waals surface area contributed by atoms with Gasteiger partial charge in [-0.2, -0.15) is 5.10 Å². The Kier molecular flexibility index (Phi) is 15.1. The molecule has 2 aliphatic rings. The van der Waals surface area contributed by atoms with Gasteiger partial charge in [0, 0.05) is 24.8 Å². The van der Waals surface area contributed by atoms with Crippen LogP contribution in [0.1, 0.15) is 63.5 Å². The normalized spacial score (nSPS) is 15.7. The highest BCUT2D eigenvalue weighted by Crippen LogP contribution is 2.26. The van der Waals surface area contributed by atoms with Gasteiger partial charge in [-0.1, -0.05) is 13.8 Å². The third-order valence-electron chi connectivity index (χ3n) is 6.42. The predicted octanol–water partition coefficient (Wildman–Crippen LogP) is 2.33. The maximum atomic E-state index is 11.9. The van der Waals surface area contributed by atoms with Crippen LogP contribution in [0.2, 0.25) is 0 Å². The Morgan fingerprint density at radius 3 is 2.07 bits per heavy atom. The molecule has 0 unspecified atom stereocenters. The Morgan fingerprint density at radius 2 is 1.44 bits per heavy atom. The van der Waals surface area contributed by atoms with Crippen LogP contribution in [-0.2, 0) is 49.4 Å². The topological polar surface area (TPSA) is 151 Å². The zero-order valence-corrected chi connectivity index (χ0v) is 25.1. The van der Waals surface area contributed by atoms with Crippen molar-refractivity contribution in [1.82, 2.24) is 10.5 Å². The molecule has 13 nitrogen and oxygen atoms in total. The molecule has 13 heteroatoms. The van der Waals surface area contributed by atoms with Gasteiger partial charge in [0.1, 0.15) is 12.4 Å². The maximum Gasteiger partial charge on any atom is 0.335 e. The van der Waals surface area contributed by atoms with Gasteiger partial charge < -0.3 is 28.5 Å². The molecule has 1 aromatic carbocycles. The number of hydroxylamine groups is 2. The van der Waals surface area contributed by atoms with E-state index in [0.29, 0.717) is 63.7 Å². The van der Waals surface area contributed by atoms with E-state index in [1.165, 1.54) is 5.56 Å². The van der Waals surface area contributed by atoms with Crippen LogP contribution >= 0.6 is 0 Å². The number of ether oxygens (including phenoxy) is 5. The van der Waals surface area contributed by atoms with Gasteiger partial charge >= 0.3 is 5.97 Å². The smallest absolute Gasteiger partial charge is 0.335 e. The molecule has 0 radical (unpaired) electrons. The van der Waals surface area contributed by atoms with Crippen LogP contribution in [0.25, 0.3) is 0 Å². The molecule has 0 atom stereocenters. The number of amides is 3. The summed E-state index contributed by atoms with van der Waals surface area (Å²) in [6.07, 6.45) is 3.26. The molecular formula is C30H43N3O10. The number of nitrogens with one attached hydrogen (secondary N) is 1. The summed E-state index contributed by atoms with van der Waals surface area (Å²) in [7, 11) is 0. The summed E-state index contributed by atoms with van der Waals surface area (Å²) >= 11 is 0. The molecule has 1 aromatic rings. The highest BCUT2D eigenvalue weighted by molar-refractivity contribution is 6.03. The third-order valence-corrected chi connectivity index (χ3v) is 6.42. The summed E-state index contributed by atoms with van der Waals surface area (Å²) in [5.74, 6) is -0.714. The second-order valence-corrected chi connectivity index (χ2v) is 10.5. The van der Waals surface area contributed by atoms with Crippen molar-refractivity contribution in [3.05, 3.63) is 29.3 Å². The monoisotopic (exact) mass is 605 g/mol. The largest absolute Gasteiger partial charge is 0.491 e. The number of hydrazone groups is 1. The van der Waals surface area contributed by atoms with Crippen molar-refractivity contribution in [3.63, 3.8) is 0 Å². The first-order valence-corrected chi connectivity index (χ1v) is 14.8. The van der Waals surface area contributed by atoms with Gasteiger partial charge in [-0.3, -0.25) is 14.4 Å². The first kappa shape index (κ1) is 34.1. The van der Waals surface area contributed by atoms with E-state index < -0.39 is 17.8 Å². The van der Waals surface area contributed by atoms with Gasteiger partial charge in [0.2, 0.25) is 5.91 Å². The maximum absolute atomic E-state index is 11.9. The summed E-state index contributed by atoms with van der Waals surface area (Å²) in [5, 5.41) is 4.89. The van der Waals surface area contributed by atoms with E-state index in [1.807, 2.05) is 32.0 Å². The van der Waals surface area contributed by atoms with Crippen molar-refractivity contribution in [2.45, 2.75) is 58.8 Å². The lowest BCUT2D eigenvalue weighted by Gasteiger charge is -2.19. The van der Waals surface area contributed by atoms with Crippen molar-refractivity contribution in [3.8, 4) is 5.75 Å². The lowest BCUT2D eigenvalue weighted by Crippen LogP contribution is -2.32. The standard InChI is InChI=1S/C30H43N3O10/c1-22(2)20-27(34)32-31-26-5-3-4-23-21-24(6-7-25(23)26)42-19-18-41-17-16-40-15-14-39-13-12-38-11-10-30(37)43-33-28(35)8-9-29(33)36/h6-7,21-22H,3-5,8-20H2,1-2H3,(H,32,34). The van der Waals surface area contributed by atoms with Crippen LogP contribution < -0.4 is 10.2 Å². The minimum Gasteiger partial charge on any atom is -0.491 e. The average Bonchev–Trinajstić information content (AvgIpc) is 3.29. The minimum atomic E-state index is -0.698. The Bertz CT molecular complexity index is 1090. The van der Waals surface area contributed by atoms with Gasteiger partial charge in [-0.25, -0.2) is 10.2 Å². The quantitative estimate of drug-likeness (QED) is 0.133.